The van der Waals surface area contributed by atoms with Crippen LogP contribution >= 0.6 is 0 Å². The Morgan fingerprint density at radius 3 is 2.46 bits per heavy atom. The highest BCUT2D eigenvalue weighted by atomic mass is 16.3. The number of benzene rings is 2. The molecular weight excluding hydrogens is 464 g/mol. The molecule has 2 N–H and O–H groups in total. The van der Waals surface area contributed by atoms with Gasteiger partial charge >= 0.3 is 6.03 Å². The molecule has 1 aliphatic heterocycles. The fourth-order valence-electron chi connectivity index (χ4n) is 5.34. The van der Waals surface area contributed by atoms with Crippen molar-refractivity contribution < 1.29 is 9.90 Å². The summed E-state index contributed by atoms with van der Waals surface area (Å²) in [5, 5.41) is 24.8. The van der Waals surface area contributed by atoms with Crippen molar-refractivity contribution in [2.45, 2.75) is 63.6 Å². The average molecular weight is 501 g/mol. The van der Waals surface area contributed by atoms with Gasteiger partial charge < -0.3 is 14.9 Å². The molecule has 1 saturated heterocycles. The summed E-state index contributed by atoms with van der Waals surface area (Å²) in [5.41, 5.74) is 2.55. The van der Waals surface area contributed by atoms with Crippen molar-refractivity contribution in [3.05, 3.63) is 89.8 Å². The number of carbonyl (C=O) groups is 1. The molecule has 1 unspecified atom stereocenters. The number of nitrogens with one attached hydrogen (secondary N) is 1. The van der Waals surface area contributed by atoms with Crippen LogP contribution in [0.3, 0.4) is 0 Å². The number of carbonyl (C=O) groups excluding carboxylic acids is 1. The molecule has 37 heavy (non-hydrogen) atoms. The van der Waals surface area contributed by atoms with Gasteiger partial charge in [-0.1, -0.05) is 72.8 Å². The minimum atomic E-state index is -0.581. The Labute approximate surface area is 218 Å². The maximum atomic E-state index is 13.5. The van der Waals surface area contributed by atoms with E-state index in [4.69, 9.17) is 0 Å². The van der Waals surface area contributed by atoms with Gasteiger partial charge in [0, 0.05) is 32.5 Å². The van der Waals surface area contributed by atoms with Crippen molar-refractivity contribution in [2.24, 2.45) is 5.41 Å². The highest BCUT2D eigenvalue weighted by Crippen LogP contribution is 2.53. The molecule has 1 saturated carbocycles. The second-order valence-corrected chi connectivity index (χ2v) is 10.5. The first-order chi connectivity index (χ1) is 18.1. The summed E-state index contributed by atoms with van der Waals surface area (Å²) in [6, 6.07) is 20.2. The number of hydrogen-bond donors (Lipinski definition) is 2. The number of amides is 2. The Morgan fingerprint density at radius 2 is 1.78 bits per heavy atom. The van der Waals surface area contributed by atoms with Crippen LogP contribution in [0.5, 0.6) is 0 Å². The molecule has 2 amide bonds. The van der Waals surface area contributed by atoms with Crippen molar-refractivity contribution in [2.75, 3.05) is 13.1 Å². The first kappa shape index (κ1) is 25.1. The Balaban J connectivity index is 1.21. The summed E-state index contributed by atoms with van der Waals surface area (Å²) < 4.78 is 0. The number of tetrazole rings is 1. The molecule has 8 nitrogen and oxygen atoms in total. The van der Waals surface area contributed by atoms with Gasteiger partial charge in [-0.05, 0) is 59.1 Å². The highest BCUT2D eigenvalue weighted by Gasteiger charge is 2.44. The SMILES string of the molecule is O=C1N(Cc2ccccc2)C[C@H](/C=C/C(O)Cc2ccccc2)N1CCC1(CCCc2nnn[nH]2)CC1. The molecule has 1 aliphatic carbocycles. The lowest BCUT2D eigenvalue weighted by Gasteiger charge is -2.24. The van der Waals surface area contributed by atoms with Gasteiger partial charge in [-0.15, -0.1) is 5.10 Å². The summed E-state index contributed by atoms with van der Waals surface area (Å²) in [7, 11) is 0. The van der Waals surface area contributed by atoms with Crippen LogP contribution < -0.4 is 0 Å². The van der Waals surface area contributed by atoms with Crippen LogP contribution in [0.1, 0.15) is 49.1 Å². The molecule has 2 aliphatic rings. The van der Waals surface area contributed by atoms with Gasteiger partial charge in [-0.3, -0.25) is 0 Å². The smallest absolute Gasteiger partial charge is 0.320 e. The predicted molar refractivity (Wildman–Crippen MR) is 141 cm³/mol. The second-order valence-electron chi connectivity index (χ2n) is 10.5. The van der Waals surface area contributed by atoms with Gasteiger partial charge in [0.2, 0.25) is 0 Å². The van der Waals surface area contributed by atoms with E-state index in [1.807, 2.05) is 70.5 Å². The van der Waals surface area contributed by atoms with E-state index in [0.29, 0.717) is 24.9 Å². The van der Waals surface area contributed by atoms with E-state index in [1.165, 1.54) is 12.8 Å². The van der Waals surface area contributed by atoms with E-state index in [2.05, 4.69) is 32.8 Å². The molecule has 0 spiro atoms. The van der Waals surface area contributed by atoms with Crippen molar-refractivity contribution in [3.63, 3.8) is 0 Å². The van der Waals surface area contributed by atoms with Crippen molar-refractivity contribution >= 4 is 6.03 Å². The lowest BCUT2D eigenvalue weighted by molar-refractivity contribution is 0.182. The lowest BCUT2D eigenvalue weighted by Crippen LogP contribution is -2.36. The normalized spacial score (nSPS) is 19.6. The fraction of sp³-hybridized carbons (Fsp3) is 0.448. The van der Waals surface area contributed by atoms with Gasteiger partial charge in [0.1, 0.15) is 5.82 Å². The van der Waals surface area contributed by atoms with E-state index in [0.717, 1.165) is 49.2 Å². The van der Waals surface area contributed by atoms with Crippen LogP contribution in [0.4, 0.5) is 4.79 Å². The standard InChI is InChI=1S/C29H36N6O2/c36-26(20-23-8-3-1-4-9-23)14-13-25-22-34(21-24-10-5-2-6-11-24)28(37)35(25)19-18-29(16-17-29)15-7-12-27-30-32-33-31-27/h1-6,8-11,13-14,25-26,36H,7,12,15-22H2,(H,30,31,32,33)/b14-13+/t25-,26?/m0/s1. The van der Waals surface area contributed by atoms with Gasteiger partial charge in [0.05, 0.1) is 12.1 Å². The number of nitrogens with zero attached hydrogens (tertiary/aromatic N) is 5. The Morgan fingerprint density at radius 1 is 1.05 bits per heavy atom. The Hall–Kier alpha value is -3.52. The molecule has 2 heterocycles. The van der Waals surface area contributed by atoms with Gasteiger partial charge in [-0.25, -0.2) is 9.89 Å². The number of rotatable bonds is 13. The summed E-state index contributed by atoms with van der Waals surface area (Å²) in [6.45, 7) is 1.97. The molecule has 0 radical (unpaired) electrons. The van der Waals surface area contributed by atoms with Crippen LogP contribution in [0, 0.1) is 5.41 Å². The van der Waals surface area contributed by atoms with Crippen molar-refractivity contribution in [1.82, 2.24) is 30.4 Å². The van der Waals surface area contributed by atoms with Crippen LogP contribution in [-0.2, 0) is 19.4 Å². The minimum Gasteiger partial charge on any atom is -0.389 e. The number of urea groups is 1. The number of aromatic amines is 1. The second kappa shape index (κ2) is 11.7. The largest absolute Gasteiger partial charge is 0.389 e. The zero-order valence-electron chi connectivity index (χ0n) is 21.2. The monoisotopic (exact) mass is 500 g/mol. The van der Waals surface area contributed by atoms with E-state index >= 15 is 0 Å². The Kier molecular flexibility index (Phi) is 7.94. The van der Waals surface area contributed by atoms with Crippen LogP contribution in [0.2, 0.25) is 0 Å². The fourth-order valence-corrected chi connectivity index (χ4v) is 5.34. The topological polar surface area (TPSA) is 98.2 Å². The summed E-state index contributed by atoms with van der Waals surface area (Å²) >= 11 is 0. The maximum Gasteiger partial charge on any atom is 0.320 e. The number of aryl methyl sites for hydroxylation is 1. The lowest BCUT2D eigenvalue weighted by atomic mass is 9.94. The van der Waals surface area contributed by atoms with E-state index in [9.17, 15) is 9.90 Å². The summed E-state index contributed by atoms with van der Waals surface area (Å²) in [6.07, 6.45) is 10.3. The van der Waals surface area contributed by atoms with Crippen LogP contribution in [0.15, 0.2) is 72.8 Å². The molecule has 8 heteroatoms. The van der Waals surface area contributed by atoms with E-state index in [-0.39, 0.29) is 12.1 Å². The highest BCUT2D eigenvalue weighted by molar-refractivity contribution is 5.77. The van der Waals surface area contributed by atoms with E-state index < -0.39 is 6.10 Å². The average Bonchev–Trinajstić information content (AvgIpc) is 3.35. The van der Waals surface area contributed by atoms with Gasteiger partial charge in [-0.2, -0.15) is 0 Å². The molecule has 0 bridgehead atoms. The number of hydrogen-bond acceptors (Lipinski definition) is 5. The Bertz CT molecular complexity index is 1150. The third-order valence-electron chi connectivity index (χ3n) is 7.73. The minimum absolute atomic E-state index is 0.0438. The van der Waals surface area contributed by atoms with Crippen molar-refractivity contribution in [3.8, 4) is 0 Å². The van der Waals surface area contributed by atoms with E-state index in [1.54, 1.807) is 0 Å². The zero-order chi connectivity index (χ0) is 25.5. The summed E-state index contributed by atoms with van der Waals surface area (Å²) in [4.78, 5) is 17.4. The number of aliphatic hydroxyl groups excluding tert-OH is 1. The quantitative estimate of drug-likeness (QED) is 0.344. The molecule has 1 aromatic heterocycles. The third kappa shape index (κ3) is 6.83. The van der Waals surface area contributed by atoms with Crippen LogP contribution in [0.25, 0.3) is 0 Å². The molecule has 5 rings (SSSR count). The number of aliphatic hydroxyl groups is 1. The number of aromatic nitrogens is 4. The van der Waals surface area contributed by atoms with Gasteiger partial charge in [0.25, 0.3) is 0 Å². The maximum absolute atomic E-state index is 13.5. The first-order valence-electron chi connectivity index (χ1n) is 13.3. The summed E-state index contributed by atoms with van der Waals surface area (Å²) in [5.74, 6) is 0.835. The zero-order valence-corrected chi connectivity index (χ0v) is 21.2. The van der Waals surface area contributed by atoms with Crippen molar-refractivity contribution in [1.29, 1.82) is 0 Å². The molecule has 2 atom stereocenters. The molecule has 2 aromatic carbocycles. The molecular formula is C29H36N6O2. The van der Waals surface area contributed by atoms with Crippen LogP contribution in [-0.4, -0.2) is 66.8 Å². The molecule has 194 valence electrons. The van der Waals surface area contributed by atoms with Gasteiger partial charge in [0.15, 0.2) is 0 Å². The number of H-pyrrole nitrogens is 1. The predicted octanol–water partition coefficient (Wildman–Crippen LogP) is 4.16. The third-order valence-corrected chi connectivity index (χ3v) is 7.73. The molecule has 2 fully saturated rings. The molecule has 3 aromatic rings. The first-order valence-corrected chi connectivity index (χ1v) is 13.3.